The zero-order valence-corrected chi connectivity index (χ0v) is 13.6. The first-order valence-corrected chi connectivity index (χ1v) is 8.56. The number of aromatic nitrogens is 2. The second-order valence-electron chi connectivity index (χ2n) is 5.44. The van der Waals surface area contributed by atoms with Crippen molar-refractivity contribution in [3.63, 3.8) is 0 Å². The van der Waals surface area contributed by atoms with E-state index in [0.29, 0.717) is 6.04 Å². The molecule has 0 aliphatic carbocycles. The first-order valence-electron chi connectivity index (χ1n) is 7.62. The summed E-state index contributed by atoms with van der Waals surface area (Å²) >= 11 is 1.75. The summed E-state index contributed by atoms with van der Waals surface area (Å²) in [4.78, 5) is 4.50. The lowest BCUT2D eigenvalue weighted by atomic mass is 10.2. The molecule has 0 amide bonds. The molecule has 3 rings (SSSR count). The number of imidazole rings is 1. The Hall–Kier alpha value is -1.91. The average Bonchev–Trinajstić information content (AvgIpc) is 3.20. The zero-order chi connectivity index (χ0) is 15.2. The molecule has 0 radical (unpaired) electrons. The van der Waals surface area contributed by atoms with Crippen LogP contribution >= 0.6 is 11.3 Å². The summed E-state index contributed by atoms with van der Waals surface area (Å²) < 4.78 is 2.23. The van der Waals surface area contributed by atoms with Crippen molar-refractivity contribution in [1.82, 2.24) is 14.9 Å². The van der Waals surface area contributed by atoms with E-state index < -0.39 is 0 Å². The fourth-order valence-electron chi connectivity index (χ4n) is 2.53. The molecule has 3 aromatic rings. The predicted octanol–water partition coefficient (Wildman–Crippen LogP) is 3.89. The fraction of sp³-hybridized carbons (Fsp3) is 0.278. The fourth-order valence-corrected chi connectivity index (χ4v) is 3.29. The van der Waals surface area contributed by atoms with E-state index in [-0.39, 0.29) is 0 Å². The molecule has 2 aromatic heterocycles. The van der Waals surface area contributed by atoms with Crippen LogP contribution in [0, 0.1) is 0 Å². The highest BCUT2D eigenvalue weighted by atomic mass is 32.1. The van der Waals surface area contributed by atoms with Crippen LogP contribution in [0.2, 0.25) is 0 Å². The van der Waals surface area contributed by atoms with Crippen LogP contribution in [-0.2, 0) is 13.0 Å². The van der Waals surface area contributed by atoms with Gasteiger partial charge in [0.25, 0.3) is 0 Å². The zero-order valence-electron chi connectivity index (χ0n) is 12.8. The number of hydrogen-bond donors (Lipinski definition) is 1. The third-order valence-electron chi connectivity index (χ3n) is 3.84. The van der Waals surface area contributed by atoms with Gasteiger partial charge in [-0.1, -0.05) is 30.3 Å². The van der Waals surface area contributed by atoms with E-state index in [4.69, 9.17) is 0 Å². The molecule has 0 aliphatic heterocycles. The SMILES string of the molecule is CC(NCCc1nccn1Cc1ccccc1)c1ccsc1. The second-order valence-corrected chi connectivity index (χ2v) is 6.22. The van der Waals surface area contributed by atoms with Crippen LogP contribution < -0.4 is 5.32 Å². The maximum Gasteiger partial charge on any atom is 0.110 e. The standard InChI is InChI=1S/C18H21N3S/c1-15(17-8-12-22-14-17)19-9-7-18-20-10-11-21(18)13-16-5-3-2-4-6-16/h2-6,8,10-12,14-15,19H,7,9,13H2,1H3. The number of thiophene rings is 1. The Balaban J connectivity index is 1.54. The van der Waals surface area contributed by atoms with Crippen molar-refractivity contribution < 1.29 is 0 Å². The Morgan fingerprint density at radius 1 is 1.23 bits per heavy atom. The van der Waals surface area contributed by atoms with Gasteiger partial charge in [-0.2, -0.15) is 11.3 Å². The molecule has 0 spiro atoms. The number of benzene rings is 1. The van der Waals surface area contributed by atoms with Crippen LogP contribution in [0.5, 0.6) is 0 Å². The predicted molar refractivity (Wildman–Crippen MR) is 92.2 cm³/mol. The van der Waals surface area contributed by atoms with Gasteiger partial charge in [-0.15, -0.1) is 0 Å². The monoisotopic (exact) mass is 311 g/mol. The average molecular weight is 311 g/mol. The van der Waals surface area contributed by atoms with Crippen LogP contribution in [0.4, 0.5) is 0 Å². The summed E-state index contributed by atoms with van der Waals surface area (Å²) in [5, 5.41) is 7.90. The molecule has 0 aliphatic rings. The third kappa shape index (κ3) is 3.84. The highest BCUT2D eigenvalue weighted by molar-refractivity contribution is 7.07. The van der Waals surface area contributed by atoms with E-state index in [1.807, 2.05) is 12.3 Å². The molecule has 3 nitrogen and oxygen atoms in total. The van der Waals surface area contributed by atoms with Crippen LogP contribution in [0.25, 0.3) is 0 Å². The largest absolute Gasteiger partial charge is 0.330 e. The van der Waals surface area contributed by atoms with Gasteiger partial charge in [0, 0.05) is 37.9 Å². The molecular formula is C18H21N3S. The molecule has 4 heteroatoms. The summed E-state index contributed by atoms with van der Waals surface area (Å²) in [5.41, 5.74) is 2.67. The van der Waals surface area contributed by atoms with Crippen LogP contribution in [-0.4, -0.2) is 16.1 Å². The number of nitrogens with one attached hydrogen (secondary N) is 1. The summed E-state index contributed by atoms with van der Waals surface area (Å²) in [5.74, 6) is 1.13. The summed E-state index contributed by atoms with van der Waals surface area (Å²) in [6.45, 7) is 4.03. The first kappa shape index (κ1) is 15.0. The molecule has 1 unspecified atom stereocenters. The van der Waals surface area contributed by atoms with Gasteiger partial charge >= 0.3 is 0 Å². The quantitative estimate of drug-likeness (QED) is 0.717. The Morgan fingerprint density at radius 3 is 2.86 bits per heavy atom. The molecule has 0 saturated heterocycles. The summed E-state index contributed by atoms with van der Waals surface area (Å²) in [6.07, 6.45) is 4.89. The topological polar surface area (TPSA) is 29.9 Å². The van der Waals surface area contributed by atoms with Crippen LogP contribution in [0.15, 0.2) is 59.6 Å². The van der Waals surface area contributed by atoms with Gasteiger partial charge in [0.15, 0.2) is 0 Å². The van der Waals surface area contributed by atoms with Crippen molar-refractivity contribution in [2.45, 2.75) is 25.9 Å². The Morgan fingerprint density at radius 2 is 2.09 bits per heavy atom. The van der Waals surface area contributed by atoms with Gasteiger partial charge in [0.05, 0.1) is 0 Å². The number of hydrogen-bond acceptors (Lipinski definition) is 3. The molecule has 1 aromatic carbocycles. The van der Waals surface area contributed by atoms with Crippen molar-refractivity contribution in [3.05, 3.63) is 76.5 Å². The highest BCUT2D eigenvalue weighted by Gasteiger charge is 2.07. The first-order chi connectivity index (χ1) is 10.8. The van der Waals surface area contributed by atoms with Crippen molar-refractivity contribution in [2.24, 2.45) is 0 Å². The Labute approximate surface area is 135 Å². The molecule has 1 atom stereocenters. The maximum atomic E-state index is 4.50. The van der Waals surface area contributed by atoms with Gasteiger partial charge in [-0.25, -0.2) is 4.98 Å². The van der Waals surface area contributed by atoms with Crippen LogP contribution in [0.3, 0.4) is 0 Å². The van der Waals surface area contributed by atoms with Gasteiger partial charge in [-0.05, 0) is 34.9 Å². The van der Waals surface area contributed by atoms with Gasteiger partial charge in [0.1, 0.15) is 5.82 Å². The molecular weight excluding hydrogens is 290 g/mol. The molecule has 0 bridgehead atoms. The molecule has 0 saturated carbocycles. The van der Waals surface area contributed by atoms with E-state index in [9.17, 15) is 0 Å². The maximum absolute atomic E-state index is 4.50. The van der Waals surface area contributed by atoms with Gasteiger partial charge in [-0.3, -0.25) is 0 Å². The Bertz CT molecular complexity index is 673. The van der Waals surface area contributed by atoms with Gasteiger partial charge < -0.3 is 9.88 Å². The minimum Gasteiger partial charge on any atom is -0.330 e. The Kier molecular flexibility index (Phi) is 5.03. The van der Waals surface area contributed by atoms with Crippen LogP contribution in [0.1, 0.15) is 29.9 Å². The minimum atomic E-state index is 0.392. The third-order valence-corrected chi connectivity index (χ3v) is 4.54. The van der Waals surface area contributed by atoms with Crippen molar-refractivity contribution >= 4 is 11.3 Å². The molecule has 2 heterocycles. The van der Waals surface area contributed by atoms with Gasteiger partial charge in [0.2, 0.25) is 0 Å². The van der Waals surface area contributed by atoms with E-state index in [2.05, 4.69) is 69.1 Å². The van der Waals surface area contributed by atoms with E-state index >= 15 is 0 Å². The van der Waals surface area contributed by atoms with Crippen molar-refractivity contribution in [3.8, 4) is 0 Å². The highest BCUT2D eigenvalue weighted by Crippen LogP contribution is 2.15. The normalized spacial score (nSPS) is 12.4. The molecule has 0 fully saturated rings. The molecule has 1 N–H and O–H groups in total. The van der Waals surface area contributed by atoms with E-state index in [1.54, 1.807) is 11.3 Å². The summed E-state index contributed by atoms with van der Waals surface area (Å²) in [6, 6.07) is 13.1. The van der Waals surface area contributed by atoms with E-state index in [0.717, 1.165) is 25.3 Å². The second kappa shape index (κ2) is 7.38. The lowest BCUT2D eigenvalue weighted by Gasteiger charge is -2.13. The molecule has 114 valence electrons. The lowest BCUT2D eigenvalue weighted by Crippen LogP contribution is -2.22. The lowest BCUT2D eigenvalue weighted by molar-refractivity contribution is 0.563. The van der Waals surface area contributed by atoms with E-state index in [1.165, 1.54) is 11.1 Å². The number of rotatable bonds is 7. The summed E-state index contributed by atoms with van der Waals surface area (Å²) in [7, 11) is 0. The molecule has 22 heavy (non-hydrogen) atoms. The number of nitrogens with zero attached hydrogens (tertiary/aromatic N) is 2. The smallest absolute Gasteiger partial charge is 0.110 e. The van der Waals surface area contributed by atoms with Crippen molar-refractivity contribution in [1.29, 1.82) is 0 Å². The minimum absolute atomic E-state index is 0.392. The van der Waals surface area contributed by atoms with Crippen molar-refractivity contribution in [2.75, 3.05) is 6.54 Å².